The Kier molecular flexibility index (Phi) is 6.48. The Hall–Kier alpha value is -3.37. The van der Waals surface area contributed by atoms with E-state index >= 15 is 0 Å². The lowest BCUT2D eigenvalue weighted by Crippen LogP contribution is -2.36. The molecule has 1 aliphatic carbocycles. The number of carbonyl (C=O) groups excluding carboxylic acids is 2. The molecule has 2 amide bonds. The number of benzene rings is 3. The Morgan fingerprint density at radius 1 is 1.11 bits per heavy atom. The number of fused-ring (bicyclic) bond motifs is 1. The Balaban J connectivity index is 1.30. The van der Waals surface area contributed by atoms with Gasteiger partial charge in [0.15, 0.2) is 0 Å². The van der Waals surface area contributed by atoms with Crippen LogP contribution in [0, 0.1) is 6.57 Å². The van der Waals surface area contributed by atoms with E-state index in [0.29, 0.717) is 12.0 Å². The van der Waals surface area contributed by atoms with Crippen molar-refractivity contribution in [3.63, 3.8) is 0 Å². The van der Waals surface area contributed by atoms with E-state index in [-0.39, 0.29) is 29.9 Å². The average Bonchev–Trinajstić information content (AvgIpc) is 3.50. The third-order valence-electron chi connectivity index (χ3n) is 7.08. The second-order valence-corrected chi connectivity index (χ2v) is 10.3. The largest absolute Gasteiger partial charge is 0.352 e. The lowest BCUT2D eigenvalue weighted by atomic mass is 9.96. The highest BCUT2D eigenvalue weighted by Gasteiger charge is 2.47. The number of halogens is 1. The van der Waals surface area contributed by atoms with Crippen LogP contribution in [-0.4, -0.2) is 29.4 Å². The van der Waals surface area contributed by atoms with Gasteiger partial charge in [0.05, 0.1) is 18.5 Å². The third-order valence-corrected chi connectivity index (χ3v) is 7.54. The minimum atomic E-state index is -0.386. The van der Waals surface area contributed by atoms with Crippen LogP contribution in [0.15, 0.2) is 65.1 Å². The fourth-order valence-electron chi connectivity index (χ4n) is 5.08. The molecule has 178 valence electrons. The number of carbonyl (C=O) groups is 2. The molecule has 0 unspecified atom stereocenters. The standard InChI is InChI=1S/C28H27BrN4O2/c1-30-33-14-6-9-22(33)17-26(34)31-18-20-8-3-5-11-24(20)27(35)32-28(12-13-28)25-16-21(29)15-19-7-2-4-10-23(19)25/h2-5,7-8,10-11,15-16,22H,6,9,12-14,17-18H2,(H,31,34)(H,32,35)/t22-/m0/s1. The highest BCUT2D eigenvalue weighted by Crippen LogP contribution is 2.49. The summed E-state index contributed by atoms with van der Waals surface area (Å²) in [6, 6.07) is 19.8. The van der Waals surface area contributed by atoms with Crippen LogP contribution >= 0.6 is 15.9 Å². The summed E-state index contributed by atoms with van der Waals surface area (Å²) in [6.07, 6.45) is 3.88. The SMILES string of the molecule is [C-]#[N+]N1CCC[C@H]1CC(=O)NCc1ccccc1C(=O)NC1(c2cc(Br)cc3ccccc23)CC1. The minimum absolute atomic E-state index is 0.0270. The van der Waals surface area contributed by atoms with E-state index in [9.17, 15) is 9.59 Å². The first-order valence-electron chi connectivity index (χ1n) is 12.0. The summed E-state index contributed by atoms with van der Waals surface area (Å²) in [5.74, 6) is -0.230. The molecule has 3 aromatic rings. The molecule has 0 bridgehead atoms. The smallest absolute Gasteiger partial charge is 0.252 e. The normalized spacial score (nSPS) is 18.2. The predicted octanol–water partition coefficient (Wildman–Crippen LogP) is 5.33. The molecule has 0 aromatic heterocycles. The van der Waals surface area contributed by atoms with Gasteiger partial charge in [0.2, 0.25) is 5.91 Å². The number of rotatable bonds is 7. The van der Waals surface area contributed by atoms with Gasteiger partial charge in [0.25, 0.3) is 5.91 Å². The van der Waals surface area contributed by atoms with Gasteiger partial charge in [0.1, 0.15) is 6.04 Å². The Morgan fingerprint density at radius 3 is 2.69 bits per heavy atom. The van der Waals surface area contributed by atoms with E-state index in [0.717, 1.165) is 58.6 Å². The molecule has 2 N–H and O–H groups in total. The zero-order chi connectivity index (χ0) is 24.4. The summed E-state index contributed by atoms with van der Waals surface area (Å²) >= 11 is 3.63. The van der Waals surface area contributed by atoms with E-state index in [4.69, 9.17) is 6.57 Å². The molecule has 5 rings (SSSR count). The summed E-state index contributed by atoms with van der Waals surface area (Å²) in [6.45, 7) is 8.25. The van der Waals surface area contributed by atoms with Crippen LogP contribution in [0.1, 0.15) is 53.6 Å². The van der Waals surface area contributed by atoms with Crippen LogP contribution in [0.2, 0.25) is 0 Å². The topological polar surface area (TPSA) is 65.8 Å². The van der Waals surface area contributed by atoms with Crippen molar-refractivity contribution in [1.29, 1.82) is 0 Å². The summed E-state index contributed by atoms with van der Waals surface area (Å²) in [5, 5.41) is 10.2. The van der Waals surface area contributed by atoms with Gasteiger partial charge in [0, 0.05) is 16.6 Å². The van der Waals surface area contributed by atoms with E-state index in [1.54, 1.807) is 5.01 Å². The van der Waals surface area contributed by atoms with Crippen LogP contribution in [0.3, 0.4) is 0 Å². The van der Waals surface area contributed by atoms with E-state index in [1.807, 2.05) is 36.4 Å². The summed E-state index contributed by atoms with van der Waals surface area (Å²) < 4.78 is 0.994. The number of nitrogens with zero attached hydrogens (tertiary/aromatic N) is 2. The monoisotopic (exact) mass is 530 g/mol. The number of hydrogen-bond acceptors (Lipinski definition) is 3. The number of amides is 2. The van der Waals surface area contributed by atoms with Gasteiger partial charge in [-0.25, -0.2) is 0 Å². The molecule has 2 aliphatic rings. The maximum atomic E-state index is 13.4. The van der Waals surface area contributed by atoms with Crippen LogP contribution in [-0.2, 0) is 16.9 Å². The number of nitrogens with one attached hydrogen (secondary N) is 2. The minimum Gasteiger partial charge on any atom is -0.352 e. The first-order chi connectivity index (χ1) is 17.0. The molecule has 0 spiro atoms. The zero-order valence-corrected chi connectivity index (χ0v) is 21.0. The van der Waals surface area contributed by atoms with Crippen LogP contribution in [0.4, 0.5) is 0 Å². The molecular weight excluding hydrogens is 504 g/mol. The van der Waals surface area contributed by atoms with E-state index in [1.165, 1.54) is 0 Å². The Labute approximate surface area is 213 Å². The molecule has 1 aliphatic heterocycles. The number of hydrogen-bond donors (Lipinski definition) is 2. The molecule has 35 heavy (non-hydrogen) atoms. The lowest BCUT2D eigenvalue weighted by Gasteiger charge is -2.22. The lowest BCUT2D eigenvalue weighted by molar-refractivity contribution is -0.122. The molecule has 6 nitrogen and oxygen atoms in total. The second-order valence-electron chi connectivity index (χ2n) is 9.41. The maximum absolute atomic E-state index is 13.4. The molecule has 2 fully saturated rings. The van der Waals surface area contributed by atoms with Gasteiger partial charge < -0.3 is 10.6 Å². The summed E-state index contributed by atoms with van der Waals surface area (Å²) in [4.78, 5) is 29.5. The molecule has 1 saturated heterocycles. The van der Waals surface area contributed by atoms with Gasteiger partial charge in [-0.15, -0.1) is 5.01 Å². The van der Waals surface area contributed by atoms with Crippen molar-refractivity contribution in [3.8, 4) is 0 Å². The van der Waals surface area contributed by atoms with Crippen molar-refractivity contribution in [2.75, 3.05) is 6.54 Å². The summed E-state index contributed by atoms with van der Waals surface area (Å²) in [5.41, 5.74) is 2.09. The van der Waals surface area contributed by atoms with Crippen molar-refractivity contribution in [3.05, 3.63) is 93.4 Å². The second kappa shape index (κ2) is 9.71. The first-order valence-corrected chi connectivity index (χ1v) is 12.8. The van der Waals surface area contributed by atoms with E-state index in [2.05, 4.69) is 55.8 Å². The van der Waals surface area contributed by atoms with Crippen LogP contribution < -0.4 is 10.6 Å². The van der Waals surface area contributed by atoms with E-state index < -0.39 is 0 Å². The third kappa shape index (κ3) is 4.89. The van der Waals surface area contributed by atoms with Crippen molar-refractivity contribution in [1.82, 2.24) is 15.6 Å². The maximum Gasteiger partial charge on any atom is 0.252 e. The predicted molar refractivity (Wildman–Crippen MR) is 139 cm³/mol. The zero-order valence-electron chi connectivity index (χ0n) is 19.4. The fraction of sp³-hybridized carbons (Fsp3) is 0.321. The van der Waals surface area contributed by atoms with Crippen LogP contribution in [0.5, 0.6) is 0 Å². The Morgan fingerprint density at radius 2 is 1.89 bits per heavy atom. The van der Waals surface area contributed by atoms with Gasteiger partial charge in [-0.3, -0.25) is 9.59 Å². The van der Waals surface area contributed by atoms with Gasteiger partial charge in [-0.2, -0.15) is 11.5 Å². The van der Waals surface area contributed by atoms with Crippen molar-refractivity contribution in [2.45, 2.75) is 50.2 Å². The van der Waals surface area contributed by atoms with Gasteiger partial charge >= 0.3 is 0 Å². The quantitative estimate of drug-likeness (QED) is 0.406. The molecular formula is C28H27BrN4O2. The molecule has 0 radical (unpaired) electrons. The highest BCUT2D eigenvalue weighted by atomic mass is 79.9. The highest BCUT2D eigenvalue weighted by molar-refractivity contribution is 9.10. The average molecular weight is 531 g/mol. The molecule has 7 heteroatoms. The summed E-state index contributed by atoms with van der Waals surface area (Å²) in [7, 11) is 0. The first kappa shape index (κ1) is 23.4. The molecule has 3 aromatic carbocycles. The van der Waals surface area contributed by atoms with Crippen molar-refractivity contribution in [2.24, 2.45) is 0 Å². The van der Waals surface area contributed by atoms with Gasteiger partial charge in [-0.1, -0.05) is 58.4 Å². The molecule has 1 heterocycles. The van der Waals surface area contributed by atoms with Gasteiger partial charge in [-0.05, 0) is 65.8 Å². The molecule has 1 saturated carbocycles. The van der Waals surface area contributed by atoms with Crippen molar-refractivity contribution >= 4 is 38.5 Å². The Bertz CT molecular complexity index is 1330. The molecule has 1 atom stereocenters. The van der Waals surface area contributed by atoms with Crippen molar-refractivity contribution < 1.29 is 9.59 Å². The fourth-order valence-corrected chi connectivity index (χ4v) is 5.55. The van der Waals surface area contributed by atoms with Crippen LogP contribution in [0.25, 0.3) is 15.7 Å².